The molecule has 0 aliphatic rings. The molecular weight excluding hydrogens is 262 g/mol. The molecule has 0 radical (unpaired) electrons. The van der Waals surface area contributed by atoms with Gasteiger partial charge in [0.25, 0.3) is 0 Å². The van der Waals surface area contributed by atoms with Gasteiger partial charge in [-0.3, -0.25) is 0 Å². The third-order valence-corrected chi connectivity index (χ3v) is 3.66. The number of rotatable bonds is 4. The fourth-order valence-electron chi connectivity index (χ4n) is 2.49. The molecule has 0 aliphatic carbocycles. The van der Waals surface area contributed by atoms with Crippen LogP contribution in [-0.4, -0.2) is 18.7 Å². The van der Waals surface area contributed by atoms with Crippen LogP contribution < -0.4 is 4.90 Å². The Morgan fingerprint density at radius 3 is 2.67 bits per heavy atom. The highest BCUT2D eigenvalue weighted by molar-refractivity contribution is 5.77. The predicted molar refractivity (Wildman–Crippen MR) is 85.6 cm³/mol. The summed E-state index contributed by atoms with van der Waals surface area (Å²) in [5.74, 6) is 0.607. The summed E-state index contributed by atoms with van der Waals surface area (Å²) in [6.07, 6.45) is -0.650. The fourth-order valence-corrected chi connectivity index (χ4v) is 2.49. The van der Waals surface area contributed by atoms with E-state index in [9.17, 15) is 5.11 Å². The molecule has 3 heteroatoms. The van der Waals surface area contributed by atoms with Crippen molar-refractivity contribution in [3.63, 3.8) is 0 Å². The number of fused-ring (bicyclic) bond motifs is 1. The highest BCUT2D eigenvalue weighted by Crippen LogP contribution is 2.25. The monoisotopic (exact) mass is 281 g/mol. The summed E-state index contributed by atoms with van der Waals surface area (Å²) in [5.41, 5.74) is 3.10. The standard InChI is InChI=1S/C18H19NO2/c1-13-6-5-8-15(10-13)19(2)12-16(20)18-11-14-7-3-4-9-17(14)21-18/h3-11,16,20H,12H2,1-2H3. The van der Waals surface area contributed by atoms with Gasteiger partial charge in [0.05, 0.1) is 6.54 Å². The number of hydrogen-bond donors (Lipinski definition) is 1. The highest BCUT2D eigenvalue weighted by Gasteiger charge is 2.15. The Balaban J connectivity index is 1.77. The van der Waals surface area contributed by atoms with Crippen LogP contribution in [0, 0.1) is 6.92 Å². The lowest BCUT2D eigenvalue weighted by molar-refractivity contribution is 0.159. The summed E-state index contributed by atoms with van der Waals surface area (Å²) < 4.78 is 5.71. The van der Waals surface area contributed by atoms with Crippen LogP contribution >= 0.6 is 0 Å². The van der Waals surface area contributed by atoms with E-state index in [0.29, 0.717) is 12.3 Å². The lowest BCUT2D eigenvalue weighted by Crippen LogP contribution is -2.23. The van der Waals surface area contributed by atoms with Crippen molar-refractivity contribution in [2.75, 3.05) is 18.5 Å². The van der Waals surface area contributed by atoms with Crippen LogP contribution in [0.1, 0.15) is 17.4 Å². The second-order valence-corrected chi connectivity index (χ2v) is 5.42. The minimum absolute atomic E-state index is 0.489. The molecule has 3 rings (SSSR count). The van der Waals surface area contributed by atoms with E-state index in [2.05, 4.69) is 19.1 Å². The molecule has 1 unspecified atom stereocenters. The van der Waals surface area contributed by atoms with E-state index in [4.69, 9.17) is 4.42 Å². The minimum Gasteiger partial charge on any atom is -0.458 e. The molecule has 0 saturated carbocycles. The third kappa shape index (κ3) is 2.93. The maximum atomic E-state index is 10.4. The molecule has 0 amide bonds. The number of aliphatic hydroxyl groups is 1. The molecule has 0 bridgehead atoms. The van der Waals surface area contributed by atoms with Crippen molar-refractivity contribution in [1.82, 2.24) is 0 Å². The average molecular weight is 281 g/mol. The largest absolute Gasteiger partial charge is 0.458 e. The van der Waals surface area contributed by atoms with Gasteiger partial charge in [-0.2, -0.15) is 0 Å². The van der Waals surface area contributed by atoms with Crippen molar-refractivity contribution in [1.29, 1.82) is 0 Å². The molecule has 1 N–H and O–H groups in total. The van der Waals surface area contributed by atoms with Gasteiger partial charge in [-0.1, -0.05) is 30.3 Å². The molecule has 0 aliphatic heterocycles. The number of aliphatic hydroxyl groups excluding tert-OH is 1. The molecule has 1 heterocycles. The molecule has 21 heavy (non-hydrogen) atoms. The first-order chi connectivity index (χ1) is 10.1. The van der Waals surface area contributed by atoms with Crippen LogP contribution in [0.15, 0.2) is 59.0 Å². The first-order valence-corrected chi connectivity index (χ1v) is 7.08. The highest BCUT2D eigenvalue weighted by atomic mass is 16.4. The molecule has 3 aromatic rings. The van der Waals surface area contributed by atoms with Crippen molar-refractivity contribution >= 4 is 16.7 Å². The van der Waals surface area contributed by atoms with E-state index < -0.39 is 6.10 Å². The van der Waals surface area contributed by atoms with Crippen molar-refractivity contribution < 1.29 is 9.52 Å². The molecule has 108 valence electrons. The number of likely N-dealkylation sites (N-methyl/N-ethyl adjacent to an activating group) is 1. The van der Waals surface area contributed by atoms with Crippen LogP contribution in [-0.2, 0) is 0 Å². The Kier molecular flexibility index (Phi) is 3.67. The smallest absolute Gasteiger partial charge is 0.135 e. The SMILES string of the molecule is Cc1cccc(N(C)CC(O)c2cc3ccccc3o2)c1. The van der Waals surface area contributed by atoms with Crippen molar-refractivity contribution in [3.8, 4) is 0 Å². The van der Waals surface area contributed by atoms with E-state index >= 15 is 0 Å². The predicted octanol–water partition coefficient (Wildman–Crippen LogP) is 3.91. The summed E-state index contributed by atoms with van der Waals surface area (Å²) in [4.78, 5) is 2.03. The zero-order chi connectivity index (χ0) is 14.8. The zero-order valence-corrected chi connectivity index (χ0v) is 12.3. The van der Waals surface area contributed by atoms with Gasteiger partial charge in [-0.15, -0.1) is 0 Å². The topological polar surface area (TPSA) is 36.6 Å². The Hall–Kier alpha value is -2.26. The van der Waals surface area contributed by atoms with Crippen LogP contribution in [0.2, 0.25) is 0 Å². The van der Waals surface area contributed by atoms with Gasteiger partial charge in [0, 0.05) is 18.1 Å². The molecule has 1 atom stereocenters. The molecule has 0 saturated heterocycles. The van der Waals surface area contributed by atoms with Crippen molar-refractivity contribution in [3.05, 3.63) is 65.9 Å². The maximum absolute atomic E-state index is 10.4. The van der Waals surface area contributed by atoms with Crippen LogP contribution in [0.4, 0.5) is 5.69 Å². The van der Waals surface area contributed by atoms with Crippen LogP contribution in [0.5, 0.6) is 0 Å². The normalized spacial score (nSPS) is 12.5. The van der Waals surface area contributed by atoms with Gasteiger partial charge in [-0.05, 0) is 36.8 Å². The lowest BCUT2D eigenvalue weighted by atomic mass is 10.2. The number of hydrogen-bond acceptors (Lipinski definition) is 3. The van der Waals surface area contributed by atoms with E-state index in [1.54, 1.807) is 0 Å². The molecular formula is C18H19NO2. The van der Waals surface area contributed by atoms with Crippen LogP contribution in [0.3, 0.4) is 0 Å². The van der Waals surface area contributed by atoms with Gasteiger partial charge in [0.2, 0.25) is 0 Å². The number of para-hydroxylation sites is 1. The summed E-state index contributed by atoms with van der Waals surface area (Å²) in [7, 11) is 1.97. The second kappa shape index (κ2) is 5.62. The Morgan fingerprint density at radius 2 is 1.90 bits per heavy atom. The minimum atomic E-state index is -0.650. The Labute approximate surface area is 124 Å². The second-order valence-electron chi connectivity index (χ2n) is 5.42. The van der Waals surface area contributed by atoms with Crippen molar-refractivity contribution in [2.24, 2.45) is 0 Å². The molecule has 3 nitrogen and oxygen atoms in total. The van der Waals surface area contributed by atoms with Gasteiger partial charge < -0.3 is 14.4 Å². The van der Waals surface area contributed by atoms with Gasteiger partial charge in [-0.25, -0.2) is 0 Å². The van der Waals surface area contributed by atoms with E-state index in [1.807, 2.05) is 54.4 Å². The zero-order valence-electron chi connectivity index (χ0n) is 12.3. The summed E-state index contributed by atoms with van der Waals surface area (Å²) >= 11 is 0. The third-order valence-electron chi connectivity index (χ3n) is 3.66. The quantitative estimate of drug-likeness (QED) is 0.787. The van der Waals surface area contributed by atoms with Gasteiger partial charge >= 0.3 is 0 Å². The molecule has 0 fully saturated rings. The number of benzene rings is 2. The molecule has 0 spiro atoms. The maximum Gasteiger partial charge on any atom is 0.135 e. The van der Waals surface area contributed by atoms with Gasteiger partial charge in [0.15, 0.2) is 0 Å². The number of nitrogens with zero attached hydrogens (tertiary/aromatic N) is 1. The average Bonchev–Trinajstić information content (AvgIpc) is 2.91. The summed E-state index contributed by atoms with van der Waals surface area (Å²) in [5, 5.41) is 11.4. The van der Waals surface area contributed by atoms with Crippen LogP contribution in [0.25, 0.3) is 11.0 Å². The van der Waals surface area contributed by atoms with E-state index in [-0.39, 0.29) is 0 Å². The van der Waals surface area contributed by atoms with Crippen molar-refractivity contribution in [2.45, 2.75) is 13.0 Å². The van der Waals surface area contributed by atoms with E-state index in [1.165, 1.54) is 5.56 Å². The number of anilines is 1. The molecule has 2 aromatic carbocycles. The summed E-state index contributed by atoms with van der Waals surface area (Å²) in [6.45, 7) is 2.55. The fraction of sp³-hybridized carbons (Fsp3) is 0.222. The Morgan fingerprint density at radius 1 is 1.10 bits per heavy atom. The lowest BCUT2D eigenvalue weighted by Gasteiger charge is -2.22. The molecule has 1 aromatic heterocycles. The number of aryl methyl sites for hydroxylation is 1. The van der Waals surface area contributed by atoms with Gasteiger partial charge in [0.1, 0.15) is 17.4 Å². The Bertz CT molecular complexity index is 715. The first-order valence-electron chi connectivity index (χ1n) is 7.08. The first kappa shape index (κ1) is 13.7. The van der Waals surface area contributed by atoms with E-state index in [0.717, 1.165) is 16.7 Å². The number of furan rings is 1. The summed E-state index contributed by atoms with van der Waals surface area (Å²) in [6, 6.07) is 17.9.